The first-order valence-corrected chi connectivity index (χ1v) is 6.81. The maximum atomic E-state index is 13.2. The molecule has 1 aliphatic carbocycles. The zero-order valence-electron chi connectivity index (χ0n) is 11.2. The number of hydrogen-bond acceptors (Lipinski definition) is 6. The molecule has 0 amide bonds. The van der Waals surface area contributed by atoms with Crippen LogP contribution >= 0.6 is 0 Å². The number of nitrogens with two attached hydrogens (primary N) is 1. The molecule has 3 heterocycles. The first kappa shape index (κ1) is 12.7. The second-order valence-corrected chi connectivity index (χ2v) is 5.88. The summed E-state index contributed by atoms with van der Waals surface area (Å²) in [6.07, 6.45) is 1.37. The van der Waals surface area contributed by atoms with Crippen molar-refractivity contribution in [1.29, 1.82) is 0 Å². The Morgan fingerprint density at radius 1 is 1.29 bits per heavy atom. The van der Waals surface area contributed by atoms with Crippen molar-refractivity contribution in [3.63, 3.8) is 0 Å². The maximum absolute atomic E-state index is 13.2. The van der Waals surface area contributed by atoms with Gasteiger partial charge in [0, 0.05) is 38.0 Å². The Balaban J connectivity index is 1.67. The summed E-state index contributed by atoms with van der Waals surface area (Å²) in [5.74, 6) is -1.76. The lowest BCUT2D eigenvalue weighted by Gasteiger charge is -2.53. The molecule has 112 valence electrons. The van der Waals surface area contributed by atoms with Gasteiger partial charge < -0.3 is 16.0 Å². The summed E-state index contributed by atoms with van der Waals surface area (Å²) in [6.45, 7) is 1.81. The number of aromatic nitrogens is 4. The number of hydrogen-bond donors (Lipinski definition) is 3. The summed E-state index contributed by atoms with van der Waals surface area (Å²) in [5, 5.41) is 10.7. The van der Waals surface area contributed by atoms with E-state index >= 15 is 0 Å². The first-order valence-electron chi connectivity index (χ1n) is 6.81. The number of alkyl halides is 2. The van der Waals surface area contributed by atoms with E-state index in [-0.39, 0.29) is 18.8 Å². The van der Waals surface area contributed by atoms with Crippen molar-refractivity contribution in [3.8, 4) is 0 Å². The van der Waals surface area contributed by atoms with Crippen LogP contribution in [-0.4, -0.2) is 51.3 Å². The first-order chi connectivity index (χ1) is 9.96. The van der Waals surface area contributed by atoms with E-state index in [9.17, 15) is 8.78 Å². The van der Waals surface area contributed by atoms with Crippen molar-refractivity contribution < 1.29 is 8.78 Å². The van der Waals surface area contributed by atoms with E-state index in [0.29, 0.717) is 31.1 Å². The quantitative estimate of drug-likeness (QED) is 0.709. The van der Waals surface area contributed by atoms with E-state index < -0.39 is 11.5 Å². The average molecular weight is 295 g/mol. The Bertz CT molecular complexity index is 690. The van der Waals surface area contributed by atoms with E-state index in [1.54, 1.807) is 6.20 Å². The highest BCUT2D eigenvalue weighted by Gasteiger charge is 2.57. The predicted octanol–water partition coefficient (Wildman–Crippen LogP) is 0.513. The molecule has 0 radical (unpaired) electrons. The second-order valence-electron chi connectivity index (χ2n) is 5.88. The Morgan fingerprint density at radius 3 is 2.86 bits per heavy atom. The van der Waals surface area contributed by atoms with E-state index in [4.69, 9.17) is 5.73 Å². The smallest absolute Gasteiger partial charge is 0.251 e. The molecule has 1 saturated carbocycles. The lowest BCUT2D eigenvalue weighted by Crippen LogP contribution is -2.70. The standard InChI is InChI=1S/C12H15F2N7/c13-12(14)4-11(5-12)6-21(2-1-16-11)9-7-3-17-20-8(7)18-10(15)19-9/h3,16H,1-2,4-6H2,(H3,15,17,18,19,20). The van der Waals surface area contributed by atoms with Crippen LogP contribution < -0.4 is 16.0 Å². The van der Waals surface area contributed by atoms with Gasteiger partial charge >= 0.3 is 0 Å². The van der Waals surface area contributed by atoms with Gasteiger partial charge in [0.15, 0.2) is 5.65 Å². The zero-order chi connectivity index (χ0) is 14.7. The highest BCUT2D eigenvalue weighted by atomic mass is 19.3. The van der Waals surface area contributed by atoms with Gasteiger partial charge in [-0.05, 0) is 0 Å². The van der Waals surface area contributed by atoms with Crippen LogP contribution in [0.25, 0.3) is 11.0 Å². The topological polar surface area (TPSA) is 95.7 Å². The summed E-state index contributed by atoms with van der Waals surface area (Å²) in [4.78, 5) is 10.3. The third-order valence-corrected chi connectivity index (χ3v) is 4.18. The number of H-pyrrole nitrogens is 1. The van der Waals surface area contributed by atoms with Crippen molar-refractivity contribution in [3.05, 3.63) is 6.20 Å². The van der Waals surface area contributed by atoms with Gasteiger partial charge in [-0.2, -0.15) is 15.1 Å². The summed E-state index contributed by atoms with van der Waals surface area (Å²) in [6, 6.07) is 0. The molecular weight excluding hydrogens is 280 g/mol. The maximum Gasteiger partial charge on any atom is 0.251 e. The van der Waals surface area contributed by atoms with Gasteiger partial charge in [-0.3, -0.25) is 5.10 Å². The van der Waals surface area contributed by atoms with Gasteiger partial charge in [0.1, 0.15) is 5.82 Å². The largest absolute Gasteiger partial charge is 0.368 e. The molecule has 21 heavy (non-hydrogen) atoms. The monoisotopic (exact) mass is 295 g/mol. The van der Waals surface area contributed by atoms with Crippen LogP contribution in [-0.2, 0) is 0 Å². The highest BCUT2D eigenvalue weighted by molar-refractivity contribution is 5.87. The van der Waals surface area contributed by atoms with E-state index in [1.807, 2.05) is 4.90 Å². The van der Waals surface area contributed by atoms with Crippen LogP contribution in [0.1, 0.15) is 12.8 Å². The van der Waals surface area contributed by atoms with E-state index in [2.05, 4.69) is 25.5 Å². The molecule has 2 aromatic heterocycles. The Labute approximate surface area is 118 Å². The number of rotatable bonds is 1. The molecule has 2 aromatic rings. The highest BCUT2D eigenvalue weighted by Crippen LogP contribution is 2.47. The Morgan fingerprint density at radius 2 is 2.10 bits per heavy atom. The summed E-state index contributed by atoms with van der Waals surface area (Å²) in [7, 11) is 0. The number of aromatic amines is 1. The Kier molecular flexibility index (Phi) is 2.42. The molecule has 7 nitrogen and oxygen atoms in total. The van der Waals surface area contributed by atoms with Crippen molar-refractivity contribution in [2.75, 3.05) is 30.3 Å². The number of halogens is 2. The number of nitrogens with zero attached hydrogens (tertiary/aromatic N) is 4. The fourth-order valence-corrected chi connectivity index (χ4v) is 3.39. The summed E-state index contributed by atoms with van der Waals surface area (Å²) in [5.41, 5.74) is 5.74. The van der Waals surface area contributed by atoms with Crippen LogP contribution in [0.3, 0.4) is 0 Å². The second kappa shape index (κ2) is 4.00. The molecule has 0 unspecified atom stereocenters. The molecule has 0 aromatic carbocycles. The summed E-state index contributed by atoms with van der Waals surface area (Å²) < 4.78 is 26.5. The van der Waals surface area contributed by atoms with Gasteiger partial charge in [-0.15, -0.1) is 0 Å². The lowest BCUT2D eigenvalue weighted by molar-refractivity contribution is -0.133. The van der Waals surface area contributed by atoms with Crippen LogP contribution in [0.15, 0.2) is 6.20 Å². The molecule has 0 atom stereocenters. The molecule has 4 N–H and O–H groups in total. The lowest BCUT2D eigenvalue weighted by atomic mass is 9.72. The minimum atomic E-state index is -2.56. The molecule has 1 saturated heterocycles. The van der Waals surface area contributed by atoms with Gasteiger partial charge in [0.25, 0.3) is 5.92 Å². The van der Waals surface area contributed by atoms with Gasteiger partial charge in [-0.25, -0.2) is 8.78 Å². The summed E-state index contributed by atoms with van der Waals surface area (Å²) >= 11 is 0. The normalized spacial score (nSPS) is 23.4. The van der Waals surface area contributed by atoms with Gasteiger partial charge in [-0.1, -0.05) is 0 Å². The predicted molar refractivity (Wildman–Crippen MR) is 73.2 cm³/mol. The molecular formula is C12H15F2N7. The third kappa shape index (κ3) is 1.99. The van der Waals surface area contributed by atoms with Crippen LogP contribution in [0, 0.1) is 0 Å². The molecule has 9 heteroatoms. The molecule has 1 aliphatic heterocycles. The van der Waals surface area contributed by atoms with Gasteiger partial charge in [0.05, 0.1) is 11.6 Å². The van der Waals surface area contributed by atoms with Crippen LogP contribution in [0.5, 0.6) is 0 Å². The molecule has 2 aliphatic rings. The van der Waals surface area contributed by atoms with Crippen LogP contribution in [0.4, 0.5) is 20.5 Å². The van der Waals surface area contributed by atoms with Gasteiger partial charge in [0.2, 0.25) is 5.95 Å². The fourth-order valence-electron chi connectivity index (χ4n) is 3.39. The van der Waals surface area contributed by atoms with Crippen molar-refractivity contribution >= 4 is 22.8 Å². The molecule has 1 spiro atoms. The minimum Gasteiger partial charge on any atom is -0.368 e. The number of anilines is 2. The zero-order valence-corrected chi connectivity index (χ0v) is 11.2. The minimum absolute atomic E-state index is 0.133. The SMILES string of the molecule is Nc1nc(N2CCNC3(C2)CC(F)(F)C3)c2cn[nH]c2n1. The molecule has 0 bridgehead atoms. The molecule has 4 rings (SSSR count). The number of nitrogen functional groups attached to an aromatic ring is 1. The van der Waals surface area contributed by atoms with E-state index in [1.165, 1.54) is 0 Å². The number of piperazine rings is 1. The third-order valence-electron chi connectivity index (χ3n) is 4.18. The fraction of sp³-hybridized carbons (Fsp3) is 0.583. The van der Waals surface area contributed by atoms with Crippen molar-refractivity contribution in [1.82, 2.24) is 25.5 Å². The number of nitrogens with one attached hydrogen (secondary N) is 2. The average Bonchev–Trinajstić information content (AvgIpc) is 2.83. The van der Waals surface area contributed by atoms with Crippen molar-refractivity contribution in [2.24, 2.45) is 0 Å². The number of fused-ring (bicyclic) bond motifs is 1. The molecule has 2 fully saturated rings. The van der Waals surface area contributed by atoms with E-state index in [0.717, 1.165) is 5.39 Å². The Hall–Kier alpha value is -2.03. The van der Waals surface area contributed by atoms with Crippen molar-refractivity contribution in [2.45, 2.75) is 24.3 Å². The van der Waals surface area contributed by atoms with Crippen LogP contribution in [0.2, 0.25) is 0 Å².